The molecule has 1 aliphatic heterocycles. The maximum Gasteiger partial charge on any atom is 0.243 e. The molecule has 5 atom stereocenters. The average Bonchev–Trinajstić information content (AvgIpc) is 3.07. The summed E-state index contributed by atoms with van der Waals surface area (Å²) in [5, 5.41) is 39.7. The number of nitrogens with zero attached hydrogens (tertiary/aromatic N) is 1. The monoisotopic (exact) mass is 668 g/mol. The molecule has 0 spiro atoms. The van der Waals surface area contributed by atoms with E-state index in [2.05, 4.69) is 22.5 Å². The van der Waals surface area contributed by atoms with Crippen molar-refractivity contribution in [2.75, 3.05) is 33.3 Å². The van der Waals surface area contributed by atoms with Gasteiger partial charge < -0.3 is 59.1 Å². The topological polar surface area (TPSA) is 255 Å². The molecule has 3 rings (SSSR count). The van der Waals surface area contributed by atoms with Crippen LogP contribution in [0.1, 0.15) is 43.2 Å². The Morgan fingerprint density at radius 1 is 1.00 bits per heavy atom. The van der Waals surface area contributed by atoms with Gasteiger partial charge in [-0.15, -0.1) is 0 Å². The van der Waals surface area contributed by atoms with Crippen LogP contribution < -0.4 is 38.9 Å². The van der Waals surface area contributed by atoms with Gasteiger partial charge >= 0.3 is 0 Å². The number of nitrogens with two attached hydrogens (primary N) is 4. The third-order valence-electron chi connectivity index (χ3n) is 8.72. The van der Waals surface area contributed by atoms with Gasteiger partial charge in [-0.3, -0.25) is 14.4 Å². The lowest BCUT2D eigenvalue weighted by atomic mass is 9.95. The van der Waals surface area contributed by atoms with Crippen molar-refractivity contribution in [1.29, 1.82) is 0 Å². The van der Waals surface area contributed by atoms with Gasteiger partial charge in [0.25, 0.3) is 0 Å². The summed E-state index contributed by atoms with van der Waals surface area (Å²) in [4.78, 5) is 41.4. The van der Waals surface area contributed by atoms with E-state index in [0.29, 0.717) is 55.6 Å². The standard InChI is InChI=1S/C34H52N8O6/c1-20-27(38)17-23-15-21(7-9-30(23)44)22-8-10-31(45)24(16-22)18-29(41-33(47)28(40-20)6-3-12-35)32(46)39-14-4-5-26(37)34(48)42(2)25(19-43)11-13-36/h7-10,15-16,25-29,40,43-45H,1,3-6,11-14,17-19,35-38H2,2H3,(H,39,46)(H,41,47)/t25-,26-,27-,28-,29-/m0/s1. The molecule has 0 fully saturated rings. The van der Waals surface area contributed by atoms with Gasteiger partial charge in [-0.1, -0.05) is 18.7 Å². The predicted molar refractivity (Wildman–Crippen MR) is 184 cm³/mol. The fraction of sp³-hybridized carbons (Fsp3) is 0.500. The molecule has 3 amide bonds. The molecule has 14 heteroatoms. The molecule has 1 heterocycles. The van der Waals surface area contributed by atoms with Crippen LogP contribution >= 0.6 is 0 Å². The maximum atomic E-state index is 13.7. The molecule has 0 aliphatic carbocycles. The molecule has 48 heavy (non-hydrogen) atoms. The molecule has 0 saturated heterocycles. The summed E-state index contributed by atoms with van der Waals surface area (Å²) in [6.45, 7) is 4.64. The van der Waals surface area contributed by atoms with Crippen LogP contribution in [0.2, 0.25) is 0 Å². The Morgan fingerprint density at radius 3 is 2.21 bits per heavy atom. The number of aliphatic hydroxyl groups excluding tert-OH is 1. The summed E-state index contributed by atoms with van der Waals surface area (Å²) in [5.41, 5.74) is 26.8. The number of phenols is 2. The molecule has 0 radical (unpaired) electrons. The summed E-state index contributed by atoms with van der Waals surface area (Å²) in [6.07, 6.45) is 2.14. The summed E-state index contributed by atoms with van der Waals surface area (Å²) in [7, 11) is 1.57. The highest BCUT2D eigenvalue weighted by Gasteiger charge is 2.29. The number of carbonyl (C=O) groups is 3. The SMILES string of the molecule is C=C1N[C@@H](CCCN)C(=O)N[C@H](C(=O)NCCC[C@H](N)C(=O)N(C)[C@H](CO)CCN)Cc2cc(ccc2O)-c2ccc(O)c(c2)C[C@@H]1N. The average molecular weight is 669 g/mol. The Kier molecular flexibility index (Phi) is 14.6. The lowest BCUT2D eigenvalue weighted by Gasteiger charge is -2.28. The van der Waals surface area contributed by atoms with Crippen LogP contribution in [0.25, 0.3) is 11.1 Å². The highest BCUT2D eigenvalue weighted by Crippen LogP contribution is 2.31. The first-order valence-electron chi connectivity index (χ1n) is 16.4. The smallest absolute Gasteiger partial charge is 0.243 e. The van der Waals surface area contributed by atoms with E-state index in [0.717, 1.165) is 11.1 Å². The van der Waals surface area contributed by atoms with Crippen LogP contribution in [0, 0.1) is 0 Å². The van der Waals surface area contributed by atoms with Gasteiger partial charge in [0, 0.05) is 31.8 Å². The number of likely N-dealkylation sites (N-methyl/N-ethyl adjacent to an activating group) is 1. The summed E-state index contributed by atoms with van der Waals surface area (Å²) in [5.74, 6) is -1.28. The molecule has 2 aromatic carbocycles. The minimum absolute atomic E-state index is 0.0290. The minimum Gasteiger partial charge on any atom is -0.508 e. The Labute approximate surface area is 281 Å². The van der Waals surface area contributed by atoms with Gasteiger partial charge in [0.05, 0.1) is 18.7 Å². The number of hydrogen-bond donors (Lipinski definition) is 10. The summed E-state index contributed by atoms with van der Waals surface area (Å²) < 4.78 is 0. The highest BCUT2D eigenvalue weighted by atomic mass is 16.3. The number of hydrogen-bond acceptors (Lipinski definition) is 11. The molecule has 1 aliphatic rings. The minimum atomic E-state index is -1.08. The molecular formula is C34H52N8O6. The molecule has 0 unspecified atom stereocenters. The number of benzene rings is 2. The van der Waals surface area contributed by atoms with Gasteiger partial charge in [-0.25, -0.2) is 0 Å². The van der Waals surface area contributed by atoms with Gasteiger partial charge in [0.1, 0.15) is 23.6 Å². The second-order valence-electron chi connectivity index (χ2n) is 12.3. The maximum absolute atomic E-state index is 13.7. The van der Waals surface area contributed by atoms with Crippen LogP contribution in [0.4, 0.5) is 0 Å². The van der Waals surface area contributed by atoms with Gasteiger partial charge in [0.15, 0.2) is 0 Å². The van der Waals surface area contributed by atoms with Crippen molar-refractivity contribution in [3.8, 4) is 22.6 Å². The number of fused-ring (bicyclic) bond motifs is 5. The highest BCUT2D eigenvalue weighted by molar-refractivity contribution is 5.90. The number of phenolic OH excluding ortho intramolecular Hbond substituents is 2. The lowest BCUT2D eigenvalue weighted by Crippen LogP contribution is -2.54. The number of nitrogens with one attached hydrogen (secondary N) is 3. The van der Waals surface area contributed by atoms with Crippen molar-refractivity contribution >= 4 is 17.7 Å². The van der Waals surface area contributed by atoms with E-state index >= 15 is 0 Å². The van der Waals surface area contributed by atoms with E-state index in [1.165, 1.54) is 11.0 Å². The van der Waals surface area contributed by atoms with Gasteiger partial charge in [-0.2, -0.15) is 0 Å². The van der Waals surface area contributed by atoms with Gasteiger partial charge in [-0.05, 0) is 98.1 Å². The second-order valence-corrected chi connectivity index (χ2v) is 12.3. The first-order valence-corrected chi connectivity index (χ1v) is 16.4. The van der Waals surface area contributed by atoms with E-state index in [-0.39, 0.29) is 49.8 Å². The molecule has 264 valence electrons. The van der Waals surface area contributed by atoms with Crippen molar-refractivity contribution in [1.82, 2.24) is 20.9 Å². The number of aliphatic hydroxyl groups is 1. The number of carbonyl (C=O) groups excluding carboxylic acids is 3. The lowest BCUT2D eigenvalue weighted by molar-refractivity contribution is -0.134. The molecule has 14 nitrogen and oxygen atoms in total. The van der Waals surface area contributed by atoms with Crippen molar-refractivity contribution < 1.29 is 29.7 Å². The Bertz CT molecular complexity index is 1420. The largest absolute Gasteiger partial charge is 0.508 e. The molecular weight excluding hydrogens is 616 g/mol. The molecule has 2 aromatic rings. The van der Waals surface area contributed by atoms with Crippen LogP contribution in [-0.2, 0) is 27.2 Å². The number of aromatic hydroxyl groups is 2. The first-order chi connectivity index (χ1) is 22.9. The van der Waals surface area contributed by atoms with Crippen LogP contribution in [0.15, 0.2) is 48.7 Å². The zero-order valence-corrected chi connectivity index (χ0v) is 27.7. The molecule has 4 bridgehead atoms. The fourth-order valence-corrected chi connectivity index (χ4v) is 5.66. The predicted octanol–water partition coefficient (Wildman–Crippen LogP) is -0.722. The van der Waals surface area contributed by atoms with E-state index in [1.54, 1.807) is 31.3 Å². The van der Waals surface area contributed by atoms with E-state index in [4.69, 9.17) is 22.9 Å². The van der Waals surface area contributed by atoms with Crippen molar-refractivity contribution in [3.05, 3.63) is 59.8 Å². The van der Waals surface area contributed by atoms with Crippen molar-refractivity contribution in [2.45, 2.75) is 75.2 Å². The zero-order valence-electron chi connectivity index (χ0n) is 27.7. The normalized spacial score (nSPS) is 19.6. The summed E-state index contributed by atoms with van der Waals surface area (Å²) >= 11 is 0. The fourth-order valence-electron chi connectivity index (χ4n) is 5.66. The third kappa shape index (κ3) is 10.4. The molecule has 0 saturated carbocycles. The number of rotatable bonds is 13. The van der Waals surface area contributed by atoms with Crippen molar-refractivity contribution in [2.24, 2.45) is 22.9 Å². The van der Waals surface area contributed by atoms with Crippen molar-refractivity contribution in [3.63, 3.8) is 0 Å². The summed E-state index contributed by atoms with van der Waals surface area (Å²) in [6, 6.07) is 6.32. The Hall–Kier alpha value is -4.21. The Morgan fingerprint density at radius 2 is 1.62 bits per heavy atom. The number of amides is 3. The molecule has 0 aromatic heterocycles. The zero-order chi connectivity index (χ0) is 35.4. The Balaban J connectivity index is 1.84. The van der Waals surface area contributed by atoms with Crippen LogP contribution in [0.3, 0.4) is 0 Å². The van der Waals surface area contributed by atoms with Gasteiger partial charge in [0.2, 0.25) is 17.7 Å². The molecule has 14 N–H and O–H groups in total. The first kappa shape index (κ1) is 38.2. The van der Waals surface area contributed by atoms with Crippen LogP contribution in [-0.4, -0.2) is 101 Å². The third-order valence-corrected chi connectivity index (χ3v) is 8.72. The van der Waals surface area contributed by atoms with E-state index in [1.807, 2.05) is 6.07 Å². The van der Waals surface area contributed by atoms with E-state index in [9.17, 15) is 29.7 Å². The van der Waals surface area contributed by atoms with E-state index < -0.39 is 42.0 Å². The van der Waals surface area contributed by atoms with Crippen LogP contribution in [0.5, 0.6) is 11.5 Å². The quantitative estimate of drug-likeness (QED) is 0.119. The second kappa shape index (κ2) is 18.4.